The standard InChI is InChI=1S/C13H16N2O2S2/c1-2-11-5-3-4-6-12(11)15-19(16,17)13-7-10(8-14)9-18-13/h3-7,9,15H,2,8,14H2,1H3. The molecule has 2 rings (SSSR count). The van der Waals surface area contributed by atoms with E-state index in [1.165, 1.54) is 11.3 Å². The molecule has 0 bridgehead atoms. The van der Waals surface area contributed by atoms with E-state index in [1.54, 1.807) is 17.5 Å². The van der Waals surface area contributed by atoms with Crippen molar-refractivity contribution in [3.63, 3.8) is 0 Å². The molecule has 1 heterocycles. The quantitative estimate of drug-likeness (QED) is 0.890. The van der Waals surface area contributed by atoms with Crippen LogP contribution in [0.15, 0.2) is 39.9 Å². The molecule has 1 aromatic carbocycles. The fourth-order valence-electron chi connectivity index (χ4n) is 1.72. The molecule has 6 heteroatoms. The molecule has 1 aromatic heterocycles. The van der Waals surface area contributed by atoms with Gasteiger partial charge >= 0.3 is 0 Å². The lowest BCUT2D eigenvalue weighted by atomic mass is 10.1. The van der Waals surface area contributed by atoms with Crippen molar-refractivity contribution in [1.29, 1.82) is 0 Å². The van der Waals surface area contributed by atoms with E-state index in [4.69, 9.17) is 5.73 Å². The number of aryl methyl sites for hydroxylation is 1. The third kappa shape index (κ3) is 3.15. The lowest BCUT2D eigenvalue weighted by Crippen LogP contribution is -2.12. The zero-order valence-corrected chi connectivity index (χ0v) is 12.2. The highest BCUT2D eigenvalue weighted by atomic mass is 32.2. The molecular weight excluding hydrogens is 280 g/mol. The summed E-state index contributed by atoms with van der Waals surface area (Å²) in [7, 11) is -3.52. The summed E-state index contributed by atoms with van der Waals surface area (Å²) < 4.78 is 27.4. The van der Waals surface area contributed by atoms with Crippen LogP contribution in [0.4, 0.5) is 5.69 Å². The van der Waals surface area contributed by atoms with Crippen LogP contribution in [0.2, 0.25) is 0 Å². The number of hydrogen-bond donors (Lipinski definition) is 2. The van der Waals surface area contributed by atoms with Gasteiger partial charge in [-0.15, -0.1) is 11.3 Å². The highest BCUT2D eigenvalue weighted by Gasteiger charge is 2.17. The minimum atomic E-state index is -3.52. The number of thiophene rings is 1. The maximum absolute atomic E-state index is 12.3. The van der Waals surface area contributed by atoms with E-state index in [0.717, 1.165) is 17.5 Å². The van der Waals surface area contributed by atoms with Crippen LogP contribution in [-0.2, 0) is 23.0 Å². The monoisotopic (exact) mass is 296 g/mol. The maximum Gasteiger partial charge on any atom is 0.271 e. The van der Waals surface area contributed by atoms with Gasteiger partial charge < -0.3 is 5.73 Å². The summed E-state index contributed by atoms with van der Waals surface area (Å²) in [5, 5.41) is 1.76. The Morgan fingerprint density at radius 2 is 2.05 bits per heavy atom. The molecule has 4 nitrogen and oxygen atoms in total. The van der Waals surface area contributed by atoms with Crippen LogP contribution < -0.4 is 10.5 Å². The van der Waals surface area contributed by atoms with Crippen LogP contribution >= 0.6 is 11.3 Å². The Bertz CT molecular complexity index is 663. The van der Waals surface area contributed by atoms with Gasteiger partial charge in [0.25, 0.3) is 10.0 Å². The number of benzene rings is 1. The van der Waals surface area contributed by atoms with Crippen molar-refractivity contribution >= 4 is 27.0 Å². The Balaban J connectivity index is 2.31. The van der Waals surface area contributed by atoms with E-state index in [0.29, 0.717) is 16.4 Å². The highest BCUT2D eigenvalue weighted by Crippen LogP contribution is 2.24. The summed E-state index contributed by atoms with van der Waals surface area (Å²) in [6, 6.07) is 9.01. The largest absolute Gasteiger partial charge is 0.326 e. The normalized spacial score (nSPS) is 11.5. The lowest BCUT2D eigenvalue weighted by molar-refractivity contribution is 0.603. The van der Waals surface area contributed by atoms with Crippen molar-refractivity contribution in [2.75, 3.05) is 4.72 Å². The second kappa shape index (κ2) is 5.73. The van der Waals surface area contributed by atoms with Crippen molar-refractivity contribution in [1.82, 2.24) is 0 Å². The number of nitrogens with one attached hydrogen (secondary N) is 1. The van der Waals surface area contributed by atoms with E-state index < -0.39 is 10.0 Å². The number of hydrogen-bond acceptors (Lipinski definition) is 4. The molecule has 0 atom stereocenters. The summed E-state index contributed by atoms with van der Waals surface area (Å²) in [4.78, 5) is 0. The number of anilines is 1. The first kappa shape index (κ1) is 14.0. The van der Waals surface area contributed by atoms with Crippen molar-refractivity contribution in [3.05, 3.63) is 46.8 Å². The van der Waals surface area contributed by atoms with Gasteiger partial charge in [0, 0.05) is 6.54 Å². The first-order valence-electron chi connectivity index (χ1n) is 5.95. The first-order chi connectivity index (χ1) is 9.06. The molecule has 0 aliphatic rings. The minimum Gasteiger partial charge on any atom is -0.326 e. The van der Waals surface area contributed by atoms with Crippen LogP contribution in [0.1, 0.15) is 18.1 Å². The van der Waals surface area contributed by atoms with Gasteiger partial charge in [-0.1, -0.05) is 25.1 Å². The molecule has 0 aliphatic carbocycles. The summed E-state index contributed by atoms with van der Waals surface area (Å²) in [5.74, 6) is 0. The van der Waals surface area contributed by atoms with Crippen LogP contribution in [0, 0.1) is 0 Å². The van der Waals surface area contributed by atoms with E-state index in [1.807, 2.05) is 25.1 Å². The molecule has 3 N–H and O–H groups in total. The molecule has 0 aliphatic heterocycles. The Morgan fingerprint density at radius 3 is 2.68 bits per heavy atom. The minimum absolute atomic E-state index is 0.291. The molecule has 0 amide bonds. The van der Waals surface area contributed by atoms with Crippen LogP contribution in [-0.4, -0.2) is 8.42 Å². The van der Waals surface area contributed by atoms with Crippen molar-refractivity contribution in [2.24, 2.45) is 5.73 Å². The predicted molar refractivity (Wildman–Crippen MR) is 78.8 cm³/mol. The van der Waals surface area contributed by atoms with Gasteiger partial charge in [0.05, 0.1) is 5.69 Å². The second-order valence-corrected chi connectivity index (χ2v) is 6.91. The van der Waals surface area contributed by atoms with Gasteiger partial charge in [-0.3, -0.25) is 4.72 Å². The number of para-hydroxylation sites is 1. The Labute approximate surface area is 117 Å². The smallest absolute Gasteiger partial charge is 0.271 e. The summed E-state index contributed by atoms with van der Waals surface area (Å²) in [5.41, 5.74) is 7.93. The molecule has 0 spiro atoms. The van der Waals surface area contributed by atoms with Gasteiger partial charge in [0.1, 0.15) is 4.21 Å². The van der Waals surface area contributed by atoms with Crippen LogP contribution in [0.3, 0.4) is 0 Å². The van der Waals surface area contributed by atoms with E-state index >= 15 is 0 Å². The van der Waals surface area contributed by atoms with Gasteiger partial charge in [-0.05, 0) is 35.1 Å². The third-order valence-electron chi connectivity index (χ3n) is 2.77. The molecule has 0 fully saturated rings. The lowest BCUT2D eigenvalue weighted by Gasteiger charge is -2.10. The van der Waals surface area contributed by atoms with E-state index in [-0.39, 0.29) is 0 Å². The first-order valence-corrected chi connectivity index (χ1v) is 8.31. The number of rotatable bonds is 5. The molecule has 2 aromatic rings. The molecule has 0 radical (unpaired) electrons. The Kier molecular flexibility index (Phi) is 4.24. The predicted octanol–water partition coefficient (Wildman–Crippen LogP) is 2.57. The number of nitrogens with two attached hydrogens (primary N) is 1. The number of sulfonamides is 1. The Morgan fingerprint density at radius 1 is 1.32 bits per heavy atom. The fraction of sp³-hybridized carbons (Fsp3) is 0.231. The molecule has 102 valence electrons. The molecular formula is C13H16N2O2S2. The van der Waals surface area contributed by atoms with Gasteiger partial charge in [-0.2, -0.15) is 0 Å². The maximum atomic E-state index is 12.3. The van der Waals surface area contributed by atoms with Gasteiger partial charge in [0.2, 0.25) is 0 Å². The molecule has 0 unspecified atom stereocenters. The second-order valence-electron chi connectivity index (χ2n) is 4.09. The topological polar surface area (TPSA) is 72.2 Å². The molecule has 19 heavy (non-hydrogen) atoms. The molecule has 0 saturated carbocycles. The van der Waals surface area contributed by atoms with Crippen LogP contribution in [0.25, 0.3) is 0 Å². The summed E-state index contributed by atoms with van der Waals surface area (Å²) >= 11 is 1.18. The van der Waals surface area contributed by atoms with E-state index in [9.17, 15) is 8.42 Å². The zero-order chi connectivity index (χ0) is 13.9. The van der Waals surface area contributed by atoms with Crippen molar-refractivity contribution in [2.45, 2.75) is 24.1 Å². The van der Waals surface area contributed by atoms with Gasteiger partial charge in [0.15, 0.2) is 0 Å². The zero-order valence-electron chi connectivity index (χ0n) is 10.6. The van der Waals surface area contributed by atoms with Gasteiger partial charge in [-0.25, -0.2) is 8.42 Å². The summed E-state index contributed by atoms with van der Waals surface area (Å²) in [6.07, 6.45) is 0.775. The fourth-order valence-corrected chi connectivity index (χ4v) is 4.05. The van der Waals surface area contributed by atoms with Crippen molar-refractivity contribution in [3.8, 4) is 0 Å². The van der Waals surface area contributed by atoms with Crippen LogP contribution in [0.5, 0.6) is 0 Å². The third-order valence-corrected chi connectivity index (χ3v) is 5.63. The van der Waals surface area contributed by atoms with Crippen molar-refractivity contribution < 1.29 is 8.42 Å². The highest BCUT2D eigenvalue weighted by molar-refractivity contribution is 7.94. The van der Waals surface area contributed by atoms with E-state index in [2.05, 4.69) is 4.72 Å². The average molecular weight is 296 g/mol. The summed E-state index contributed by atoms with van der Waals surface area (Å²) in [6.45, 7) is 2.34. The average Bonchev–Trinajstić information content (AvgIpc) is 2.88. The molecule has 0 saturated heterocycles. The SMILES string of the molecule is CCc1ccccc1NS(=O)(=O)c1cc(CN)cs1. The Hall–Kier alpha value is -1.37.